The zero-order chi connectivity index (χ0) is 24.8. The van der Waals surface area contributed by atoms with Gasteiger partial charge in [-0.3, -0.25) is 9.59 Å². The van der Waals surface area contributed by atoms with E-state index in [9.17, 15) is 9.59 Å². The molecule has 33 heavy (non-hydrogen) atoms. The summed E-state index contributed by atoms with van der Waals surface area (Å²) in [5.74, 6) is -0.189. The van der Waals surface area contributed by atoms with Crippen molar-refractivity contribution in [3.63, 3.8) is 0 Å². The number of hydrogen-bond donors (Lipinski definition) is 1. The molecule has 0 fully saturated rings. The van der Waals surface area contributed by atoms with Gasteiger partial charge in [0.2, 0.25) is 11.8 Å². The molecule has 0 aliphatic heterocycles. The molecule has 0 aromatic heterocycles. The average Bonchev–Trinajstić information content (AvgIpc) is 2.71. The lowest BCUT2D eigenvalue weighted by molar-refractivity contribution is -0.142. The standard InChI is InChI=1S/C28H39ClN2O2/c1-8-24(26(33)30-28(5,6)7)31(19-21-11-9-10-12-23(21)29)25(32)18-15-20-13-16-22(17-14-20)27(2,3)4/h9-14,16-17,24H,8,15,18-19H2,1-7H3,(H,30,33)/t24-/m1/s1. The van der Waals surface area contributed by atoms with Crippen LogP contribution < -0.4 is 5.32 Å². The second-order valence-electron chi connectivity index (χ2n) is 10.7. The monoisotopic (exact) mass is 470 g/mol. The third-order valence-corrected chi connectivity index (χ3v) is 6.00. The van der Waals surface area contributed by atoms with E-state index in [0.717, 1.165) is 11.1 Å². The predicted octanol–water partition coefficient (Wildman–Crippen LogP) is 6.29. The summed E-state index contributed by atoms with van der Waals surface area (Å²) in [6, 6.07) is 15.4. The maximum atomic E-state index is 13.4. The summed E-state index contributed by atoms with van der Waals surface area (Å²) < 4.78 is 0. The molecule has 2 amide bonds. The predicted molar refractivity (Wildman–Crippen MR) is 137 cm³/mol. The zero-order valence-electron chi connectivity index (χ0n) is 21.2. The minimum Gasteiger partial charge on any atom is -0.350 e. The van der Waals surface area contributed by atoms with Gasteiger partial charge in [0.05, 0.1) is 0 Å². The van der Waals surface area contributed by atoms with Crippen LogP contribution in [0.4, 0.5) is 0 Å². The molecular formula is C28H39ClN2O2. The number of hydrogen-bond acceptors (Lipinski definition) is 2. The molecule has 0 unspecified atom stereocenters. The highest BCUT2D eigenvalue weighted by Gasteiger charge is 2.30. The molecule has 0 radical (unpaired) electrons. The first-order chi connectivity index (χ1) is 15.3. The molecule has 0 spiro atoms. The van der Waals surface area contributed by atoms with E-state index in [2.05, 4.69) is 50.4 Å². The van der Waals surface area contributed by atoms with Crippen LogP contribution >= 0.6 is 11.6 Å². The molecule has 1 N–H and O–H groups in total. The highest BCUT2D eigenvalue weighted by atomic mass is 35.5. The highest BCUT2D eigenvalue weighted by Crippen LogP contribution is 2.24. The maximum absolute atomic E-state index is 13.4. The molecule has 2 rings (SSSR count). The molecule has 4 nitrogen and oxygen atoms in total. The fourth-order valence-electron chi connectivity index (χ4n) is 3.75. The Labute approximate surface area is 204 Å². The molecule has 5 heteroatoms. The Morgan fingerprint density at radius 3 is 2.09 bits per heavy atom. The van der Waals surface area contributed by atoms with Gasteiger partial charge in [-0.2, -0.15) is 0 Å². The van der Waals surface area contributed by atoms with Crippen molar-refractivity contribution in [3.05, 3.63) is 70.2 Å². The zero-order valence-corrected chi connectivity index (χ0v) is 21.9. The number of carbonyl (C=O) groups is 2. The van der Waals surface area contributed by atoms with Crippen LogP contribution in [0.5, 0.6) is 0 Å². The minimum absolute atomic E-state index is 0.0503. The van der Waals surface area contributed by atoms with Gasteiger partial charge in [0.15, 0.2) is 0 Å². The van der Waals surface area contributed by atoms with Crippen molar-refractivity contribution in [2.75, 3.05) is 0 Å². The summed E-state index contributed by atoms with van der Waals surface area (Å²) in [5.41, 5.74) is 2.93. The average molecular weight is 471 g/mol. The quantitative estimate of drug-likeness (QED) is 0.492. The first kappa shape index (κ1) is 26.9. The fraction of sp³-hybridized carbons (Fsp3) is 0.500. The Balaban J connectivity index is 2.23. The Hall–Kier alpha value is -2.33. The molecule has 0 aliphatic carbocycles. The van der Waals surface area contributed by atoms with Crippen molar-refractivity contribution >= 4 is 23.4 Å². The summed E-state index contributed by atoms with van der Waals surface area (Å²) in [5, 5.41) is 3.63. The first-order valence-electron chi connectivity index (χ1n) is 11.8. The van der Waals surface area contributed by atoms with Crippen molar-refractivity contribution < 1.29 is 9.59 Å². The van der Waals surface area contributed by atoms with Crippen LogP contribution in [0.3, 0.4) is 0 Å². The topological polar surface area (TPSA) is 49.4 Å². The Morgan fingerprint density at radius 1 is 0.970 bits per heavy atom. The van der Waals surface area contributed by atoms with Gasteiger partial charge in [0, 0.05) is 23.5 Å². The van der Waals surface area contributed by atoms with E-state index in [1.807, 2.05) is 52.0 Å². The van der Waals surface area contributed by atoms with Crippen LogP contribution in [0.15, 0.2) is 48.5 Å². The van der Waals surface area contributed by atoms with E-state index < -0.39 is 6.04 Å². The number of halogens is 1. The first-order valence-corrected chi connectivity index (χ1v) is 12.1. The van der Waals surface area contributed by atoms with E-state index >= 15 is 0 Å². The van der Waals surface area contributed by atoms with E-state index in [1.54, 1.807) is 4.90 Å². The van der Waals surface area contributed by atoms with Gasteiger partial charge in [-0.25, -0.2) is 0 Å². The molecule has 0 saturated carbocycles. The Morgan fingerprint density at radius 2 is 1.58 bits per heavy atom. The summed E-state index contributed by atoms with van der Waals surface area (Å²) >= 11 is 6.39. The lowest BCUT2D eigenvalue weighted by Crippen LogP contribution is -2.53. The lowest BCUT2D eigenvalue weighted by atomic mass is 9.86. The third-order valence-electron chi connectivity index (χ3n) is 5.63. The Bertz CT molecular complexity index is 940. The molecule has 2 aromatic rings. The SMILES string of the molecule is CC[C@H](C(=O)NC(C)(C)C)N(Cc1ccccc1Cl)C(=O)CCc1ccc(C(C)(C)C)cc1. The van der Waals surface area contributed by atoms with E-state index in [-0.39, 0.29) is 22.8 Å². The van der Waals surface area contributed by atoms with Crippen LogP contribution in [0.1, 0.15) is 78.0 Å². The number of carbonyl (C=O) groups excluding carboxylic acids is 2. The molecule has 0 heterocycles. The molecule has 0 saturated heterocycles. The number of nitrogens with zero attached hydrogens (tertiary/aromatic N) is 1. The summed E-state index contributed by atoms with van der Waals surface area (Å²) in [6.45, 7) is 14.6. The van der Waals surface area contributed by atoms with E-state index in [4.69, 9.17) is 11.6 Å². The minimum atomic E-state index is -0.559. The van der Waals surface area contributed by atoms with Crippen molar-refractivity contribution in [2.45, 2.75) is 91.3 Å². The van der Waals surface area contributed by atoms with Gasteiger partial charge >= 0.3 is 0 Å². The molecular weight excluding hydrogens is 432 g/mol. The normalized spacial score (nSPS) is 12.8. The van der Waals surface area contributed by atoms with Crippen molar-refractivity contribution in [3.8, 4) is 0 Å². The summed E-state index contributed by atoms with van der Waals surface area (Å²) in [7, 11) is 0. The number of benzene rings is 2. The van der Waals surface area contributed by atoms with Crippen molar-refractivity contribution in [1.82, 2.24) is 10.2 Å². The van der Waals surface area contributed by atoms with Gasteiger partial charge < -0.3 is 10.2 Å². The van der Waals surface area contributed by atoms with E-state index in [1.165, 1.54) is 5.56 Å². The fourth-order valence-corrected chi connectivity index (χ4v) is 3.94. The van der Waals surface area contributed by atoms with Crippen LogP contribution in [0.2, 0.25) is 5.02 Å². The summed E-state index contributed by atoms with van der Waals surface area (Å²) in [4.78, 5) is 28.2. The van der Waals surface area contributed by atoms with Gasteiger partial charge in [0.25, 0.3) is 0 Å². The maximum Gasteiger partial charge on any atom is 0.243 e. The van der Waals surface area contributed by atoms with Crippen LogP contribution in [-0.2, 0) is 28.0 Å². The number of aryl methyl sites for hydroxylation is 1. The van der Waals surface area contributed by atoms with Gasteiger partial charge in [-0.05, 0) is 61.8 Å². The smallest absolute Gasteiger partial charge is 0.243 e. The second-order valence-corrected chi connectivity index (χ2v) is 11.1. The Kier molecular flexibility index (Phi) is 9.13. The number of rotatable bonds is 8. The van der Waals surface area contributed by atoms with Crippen LogP contribution in [-0.4, -0.2) is 28.3 Å². The largest absolute Gasteiger partial charge is 0.350 e. The molecule has 0 bridgehead atoms. The van der Waals surface area contributed by atoms with E-state index in [0.29, 0.717) is 30.8 Å². The molecule has 2 aromatic carbocycles. The van der Waals surface area contributed by atoms with Crippen LogP contribution in [0.25, 0.3) is 0 Å². The van der Waals surface area contributed by atoms with Gasteiger partial charge in [-0.15, -0.1) is 0 Å². The molecule has 1 atom stereocenters. The molecule has 180 valence electrons. The van der Waals surface area contributed by atoms with Gasteiger partial charge in [0.1, 0.15) is 6.04 Å². The molecule has 0 aliphatic rings. The lowest BCUT2D eigenvalue weighted by Gasteiger charge is -2.33. The van der Waals surface area contributed by atoms with Crippen molar-refractivity contribution in [1.29, 1.82) is 0 Å². The van der Waals surface area contributed by atoms with Crippen LogP contribution in [0, 0.1) is 0 Å². The van der Waals surface area contributed by atoms with Crippen molar-refractivity contribution in [2.24, 2.45) is 0 Å². The second kappa shape index (κ2) is 11.2. The van der Waals surface area contributed by atoms with Gasteiger partial charge in [-0.1, -0.05) is 81.8 Å². The number of amides is 2. The number of nitrogens with one attached hydrogen (secondary N) is 1. The summed E-state index contributed by atoms with van der Waals surface area (Å²) in [6.07, 6.45) is 1.48. The third kappa shape index (κ3) is 8.19. The highest BCUT2D eigenvalue weighted by molar-refractivity contribution is 6.31.